The van der Waals surface area contributed by atoms with Crippen molar-refractivity contribution in [3.63, 3.8) is 0 Å². The van der Waals surface area contributed by atoms with E-state index in [1.54, 1.807) is 11.3 Å². The molecule has 2 aromatic rings. The third-order valence-corrected chi connectivity index (χ3v) is 5.16. The monoisotopic (exact) mass is 328 g/mol. The number of nitrogens with two attached hydrogens (primary N) is 1. The molecule has 4 heterocycles. The molecule has 2 N–H and O–H groups in total. The molecule has 7 heteroatoms. The zero-order chi connectivity index (χ0) is 15.6. The number of thiazole rings is 1. The summed E-state index contributed by atoms with van der Waals surface area (Å²) in [7, 11) is 0. The second-order valence-corrected chi connectivity index (χ2v) is 7.22. The third-order valence-electron chi connectivity index (χ3n) is 4.35. The number of hydrogen-bond donors (Lipinski definition) is 1. The molecule has 0 saturated heterocycles. The van der Waals surface area contributed by atoms with Crippen LogP contribution in [0.25, 0.3) is 0 Å². The van der Waals surface area contributed by atoms with Gasteiger partial charge in [0.1, 0.15) is 0 Å². The van der Waals surface area contributed by atoms with E-state index < -0.39 is 0 Å². The van der Waals surface area contributed by atoms with E-state index in [-0.39, 0.29) is 0 Å². The Hall–Kier alpha value is -1.86. The van der Waals surface area contributed by atoms with Crippen LogP contribution in [-0.4, -0.2) is 38.7 Å². The summed E-state index contributed by atoms with van der Waals surface area (Å²) in [5, 5.41) is 0.638. The number of hydrogen-bond acceptors (Lipinski definition) is 7. The van der Waals surface area contributed by atoms with Crippen molar-refractivity contribution in [1.29, 1.82) is 0 Å². The third kappa shape index (κ3) is 3.25. The summed E-state index contributed by atoms with van der Waals surface area (Å²) < 4.78 is 0. The van der Waals surface area contributed by atoms with Crippen LogP contribution in [0.4, 0.5) is 5.13 Å². The zero-order valence-electron chi connectivity index (χ0n) is 13.0. The molecule has 0 amide bonds. The smallest absolute Gasteiger partial charge is 0.180 e. The van der Waals surface area contributed by atoms with Crippen LogP contribution >= 0.6 is 11.3 Å². The van der Waals surface area contributed by atoms with E-state index in [0.29, 0.717) is 5.13 Å². The molecule has 6 nitrogen and oxygen atoms in total. The number of nitrogens with zero attached hydrogens (tertiary/aromatic N) is 5. The van der Waals surface area contributed by atoms with E-state index >= 15 is 0 Å². The van der Waals surface area contributed by atoms with Gasteiger partial charge in [0.05, 0.1) is 11.4 Å². The molecule has 23 heavy (non-hydrogen) atoms. The van der Waals surface area contributed by atoms with Gasteiger partial charge < -0.3 is 5.73 Å². The van der Waals surface area contributed by atoms with E-state index in [0.717, 1.165) is 50.6 Å². The molecule has 4 rings (SSSR count). The minimum Gasteiger partial charge on any atom is -0.375 e. The van der Waals surface area contributed by atoms with Gasteiger partial charge in [-0.3, -0.25) is 9.89 Å². The number of aliphatic imine (C=N–C) groups is 1. The Balaban J connectivity index is 1.48. The molecule has 2 aliphatic heterocycles. The molecule has 0 aliphatic carbocycles. The quantitative estimate of drug-likeness (QED) is 0.932. The van der Waals surface area contributed by atoms with Gasteiger partial charge in [-0.2, -0.15) is 0 Å². The first-order chi connectivity index (χ1) is 11.3. The van der Waals surface area contributed by atoms with E-state index in [9.17, 15) is 0 Å². The molecule has 0 saturated carbocycles. The number of aromatic nitrogens is 3. The molecule has 2 aliphatic rings. The van der Waals surface area contributed by atoms with Crippen molar-refractivity contribution in [2.75, 3.05) is 18.8 Å². The number of fused-ring (bicyclic) bond motifs is 1. The van der Waals surface area contributed by atoms with Crippen molar-refractivity contribution in [2.45, 2.75) is 38.8 Å². The van der Waals surface area contributed by atoms with Gasteiger partial charge in [0.2, 0.25) is 0 Å². The van der Waals surface area contributed by atoms with Crippen LogP contribution in [0.2, 0.25) is 0 Å². The topological polar surface area (TPSA) is 80.3 Å². The second-order valence-electron chi connectivity index (χ2n) is 6.08. The number of nitrogen functional groups attached to an aromatic ring is 1. The summed E-state index contributed by atoms with van der Waals surface area (Å²) in [5.74, 6) is 0.840. The second kappa shape index (κ2) is 6.33. The molecule has 0 unspecified atom stereocenters. The van der Waals surface area contributed by atoms with Crippen molar-refractivity contribution in [3.8, 4) is 0 Å². The van der Waals surface area contributed by atoms with E-state index in [2.05, 4.69) is 19.9 Å². The average Bonchev–Trinajstić information content (AvgIpc) is 3.00. The number of rotatable bonds is 3. The Bertz CT molecular complexity index is 738. The number of anilines is 1. The molecule has 120 valence electrons. The standard InChI is InChI=1S/C16H20N6S/c17-16-20-8-12(23-16)10-22-6-4-13-11(9-22)7-19-15(21-13)14-3-1-2-5-18-14/h7-8H,1-6,9-10H2,(H2,17,20). The average molecular weight is 328 g/mol. The minimum atomic E-state index is 0.638. The van der Waals surface area contributed by atoms with E-state index in [1.165, 1.54) is 29.0 Å². The molecule has 0 spiro atoms. The van der Waals surface area contributed by atoms with Gasteiger partial charge in [-0.15, -0.1) is 11.3 Å². The Morgan fingerprint density at radius 3 is 2.91 bits per heavy atom. The fourth-order valence-corrected chi connectivity index (χ4v) is 3.87. The van der Waals surface area contributed by atoms with Crippen LogP contribution < -0.4 is 5.73 Å². The van der Waals surface area contributed by atoms with Crippen molar-refractivity contribution in [3.05, 3.63) is 34.4 Å². The molecule has 0 atom stereocenters. The normalized spacial score (nSPS) is 18.5. The van der Waals surface area contributed by atoms with Crippen LogP contribution in [0.15, 0.2) is 17.4 Å². The first kappa shape index (κ1) is 14.7. The maximum absolute atomic E-state index is 5.71. The summed E-state index contributed by atoms with van der Waals surface area (Å²) in [5.41, 5.74) is 9.20. The van der Waals surface area contributed by atoms with Gasteiger partial charge in [0, 0.05) is 55.4 Å². The van der Waals surface area contributed by atoms with Crippen LogP contribution in [0.5, 0.6) is 0 Å². The highest BCUT2D eigenvalue weighted by Gasteiger charge is 2.20. The van der Waals surface area contributed by atoms with Gasteiger partial charge in [0.25, 0.3) is 0 Å². The SMILES string of the molecule is Nc1ncc(CN2CCc3nc(C4=NCCCC4)ncc3C2)s1. The van der Waals surface area contributed by atoms with Gasteiger partial charge >= 0.3 is 0 Å². The van der Waals surface area contributed by atoms with Crippen LogP contribution in [0.3, 0.4) is 0 Å². The Kier molecular flexibility index (Phi) is 4.05. The van der Waals surface area contributed by atoms with E-state index in [1.807, 2.05) is 12.4 Å². The fourth-order valence-electron chi connectivity index (χ4n) is 3.14. The lowest BCUT2D eigenvalue weighted by Gasteiger charge is -2.27. The van der Waals surface area contributed by atoms with Gasteiger partial charge in [-0.1, -0.05) is 0 Å². The molecule has 0 radical (unpaired) electrons. The largest absolute Gasteiger partial charge is 0.375 e. The van der Waals surface area contributed by atoms with Gasteiger partial charge in [-0.25, -0.2) is 15.0 Å². The first-order valence-electron chi connectivity index (χ1n) is 8.09. The van der Waals surface area contributed by atoms with Crippen molar-refractivity contribution < 1.29 is 0 Å². The minimum absolute atomic E-state index is 0.638. The predicted molar refractivity (Wildman–Crippen MR) is 91.6 cm³/mol. The van der Waals surface area contributed by atoms with Crippen LogP contribution in [0, 0.1) is 0 Å². The zero-order valence-corrected chi connectivity index (χ0v) is 13.8. The highest BCUT2D eigenvalue weighted by atomic mass is 32.1. The highest BCUT2D eigenvalue weighted by molar-refractivity contribution is 7.15. The van der Waals surface area contributed by atoms with Crippen LogP contribution in [-0.2, 0) is 19.5 Å². The lowest BCUT2D eigenvalue weighted by atomic mass is 10.1. The molecule has 0 bridgehead atoms. The molecule has 0 fully saturated rings. The van der Waals surface area contributed by atoms with Crippen molar-refractivity contribution in [1.82, 2.24) is 19.9 Å². The predicted octanol–water partition coefficient (Wildman–Crippen LogP) is 2.05. The Morgan fingerprint density at radius 1 is 1.17 bits per heavy atom. The highest BCUT2D eigenvalue weighted by Crippen LogP contribution is 2.22. The maximum atomic E-state index is 5.71. The summed E-state index contributed by atoms with van der Waals surface area (Å²) in [6.07, 6.45) is 8.22. The lowest BCUT2D eigenvalue weighted by molar-refractivity contribution is 0.245. The molecular formula is C16H20N6S. The maximum Gasteiger partial charge on any atom is 0.180 e. The van der Waals surface area contributed by atoms with E-state index in [4.69, 9.17) is 10.7 Å². The van der Waals surface area contributed by atoms with Gasteiger partial charge in [0.15, 0.2) is 11.0 Å². The van der Waals surface area contributed by atoms with Crippen molar-refractivity contribution >= 4 is 22.2 Å². The van der Waals surface area contributed by atoms with Crippen molar-refractivity contribution in [2.24, 2.45) is 4.99 Å². The van der Waals surface area contributed by atoms with Crippen LogP contribution in [0.1, 0.15) is 41.2 Å². The molecule has 0 aromatic carbocycles. The summed E-state index contributed by atoms with van der Waals surface area (Å²) in [4.78, 5) is 21.7. The lowest BCUT2D eigenvalue weighted by Crippen LogP contribution is -2.31. The van der Waals surface area contributed by atoms with Gasteiger partial charge in [-0.05, 0) is 19.3 Å². The summed E-state index contributed by atoms with van der Waals surface area (Å²) in [6.45, 7) is 3.71. The first-order valence-corrected chi connectivity index (χ1v) is 8.90. The summed E-state index contributed by atoms with van der Waals surface area (Å²) >= 11 is 1.56. The fraction of sp³-hybridized carbons (Fsp3) is 0.500. The molecule has 2 aromatic heterocycles. The molecular weight excluding hydrogens is 308 g/mol. The summed E-state index contributed by atoms with van der Waals surface area (Å²) in [6, 6.07) is 0. The Morgan fingerprint density at radius 2 is 2.13 bits per heavy atom. The Labute approximate surface area is 139 Å².